The summed E-state index contributed by atoms with van der Waals surface area (Å²) in [6.45, 7) is 0. The van der Waals surface area contributed by atoms with E-state index in [1.165, 1.54) is 14.5 Å². The normalized spacial score (nSPS) is 10.9. The third kappa shape index (κ3) is 2.18. The SMILES string of the molecule is COc1cnc(-c2ccc3c(c2)c(I)cn3C)nc1. The minimum Gasteiger partial charge on any atom is -0.494 e. The van der Waals surface area contributed by atoms with Gasteiger partial charge >= 0.3 is 0 Å². The molecule has 5 heteroatoms. The fraction of sp³-hybridized carbons (Fsp3) is 0.143. The Kier molecular flexibility index (Phi) is 3.14. The van der Waals surface area contributed by atoms with Gasteiger partial charge in [-0.3, -0.25) is 0 Å². The number of rotatable bonds is 2. The van der Waals surface area contributed by atoms with Crippen LogP contribution in [-0.2, 0) is 7.05 Å². The molecule has 3 aromatic rings. The number of aromatic nitrogens is 3. The van der Waals surface area contributed by atoms with Crippen molar-refractivity contribution in [2.75, 3.05) is 7.11 Å². The Balaban J connectivity index is 2.11. The predicted molar refractivity (Wildman–Crippen MR) is 83.2 cm³/mol. The molecule has 0 N–H and O–H groups in total. The Morgan fingerprint density at radius 3 is 2.63 bits per heavy atom. The molecule has 19 heavy (non-hydrogen) atoms. The highest BCUT2D eigenvalue weighted by molar-refractivity contribution is 14.1. The van der Waals surface area contributed by atoms with Crippen molar-refractivity contribution in [1.29, 1.82) is 0 Å². The number of methoxy groups -OCH3 is 1. The van der Waals surface area contributed by atoms with Crippen molar-refractivity contribution in [2.45, 2.75) is 0 Å². The summed E-state index contributed by atoms with van der Waals surface area (Å²) in [6.07, 6.45) is 5.48. The average Bonchev–Trinajstić information content (AvgIpc) is 2.74. The lowest BCUT2D eigenvalue weighted by molar-refractivity contribution is 0.411. The Labute approximate surface area is 124 Å². The number of aryl methyl sites for hydroxylation is 1. The molecule has 96 valence electrons. The molecule has 0 unspecified atom stereocenters. The van der Waals surface area contributed by atoms with Gasteiger partial charge < -0.3 is 9.30 Å². The molecule has 0 bridgehead atoms. The first-order valence-corrected chi connectivity index (χ1v) is 6.88. The highest BCUT2D eigenvalue weighted by Crippen LogP contribution is 2.27. The van der Waals surface area contributed by atoms with Gasteiger partial charge in [-0.15, -0.1) is 0 Å². The average molecular weight is 365 g/mol. The van der Waals surface area contributed by atoms with Crippen LogP contribution in [0.5, 0.6) is 5.75 Å². The number of hydrogen-bond donors (Lipinski definition) is 0. The van der Waals surface area contributed by atoms with Gasteiger partial charge in [0.05, 0.1) is 19.5 Å². The van der Waals surface area contributed by atoms with Crippen molar-refractivity contribution < 1.29 is 4.74 Å². The lowest BCUT2D eigenvalue weighted by atomic mass is 10.1. The monoisotopic (exact) mass is 365 g/mol. The largest absolute Gasteiger partial charge is 0.494 e. The highest BCUT2D eigenvalue weighted by Gasteiger charge is 2.08. The molecule has 3 rings (SSSR count). The zero-order chi connectivity index (χ0) is 13.4. The van der Waals surface area contributed by atoms with Gasteiger partial charge in [-0.05, 0) is 40.8 Å². The fourth-order valence-corrected chi connectivity index (χ4v) is 2.90. The van der Waals surface area contributed by atoms with Crippen LogP contribution < -0.4 is 4.74 Å². The quantitative estimate of drug-likeness (QED) is 0.655. The van der Waals surface area contributed by atoms with E-state index in [2.05, 4.69) is 55.5 Å². The zero-order valence-corrected chi connectivity index (χ0v) is 12.7. The number of ether oxygens (including phenoxy) is 1. The van der Waals surface area contributed by atoms with Crippen LogP contribution in [0.4, 0.5) is 0 Å². The first-order valence-electron chi connectivity index (χ1n) is 5.80. The molecule has 0 radical (unpaired) electrons. The number of fused-ring (bicyclic) bond motifs is 1. The molecular weight excluding hydrogens is 353 g/mol. The van der Waals surface area contributed by atoms with Gasteiger partial charge in [-0.1, -0.05) is 0 Å². The minimum absolute atomic E-state index is 0.666. The molecule has 0 spiro atoms. The number of halogens is 1. The summed E-state index contributed by atoms with van der Waals surface area (Å²) in [4.78, 5) is 8.64. The molecule has 0 amide bonds. The predicted octanol–water partition coefficient (Wildman–Crippen LogP) is 3.25. The Hall–Kier alpha value is -1.63. The first-order chi connectivity index (χ1) is 9.19. The van der Waals surface area contributed by atoms with Crippen LogP contribution in [0.25, 0.3) is 22.3 Å². The molecule has 0 atom stereocenters. The molecule has 2 heterocycles. The van der Waals surface area contributed by atoms with Gasteiger partial charge in [-0.2, -0.15) is 0 Å². The van der Waals surface area contributed by atoms with Crippen LogP contribution >= 0.6 is 22.6 Å². The van der Waals surface area contributed by atoms with Crippen molar-refractivity contribution in [2.24, 2.45) is 7.05 Å². The van der Waals surface area contributed by atoms with E-state index in [1.807, 2.05) is 13.1 Å². The van der Waals surface area contributed by atoms with Crippen LogP contribution in [-0.4, -0.2) is 21.6 Å². The summed E-state index contributed by atoms with van der Waals surface area (Å²) in [5.74, 6) is 1.38. The smallest absolute Gasteiger partial charge is 0.159 e. The Morgan fingerprint density at radius 1 is 1.21 bits per heavy atom. The number of benzene rings is 1. The van der Waals surface area contributed by atoms with Crippen molar-refractivity contribution in [3.8, 4) is 17.1 Å². The van der Waals surface area contributed by atoms with Crippen molar-refractivity contribution in [1.82, 2.24) is 14.5 Å². The van der Waals surface area contributed by atoms with Crippen LogP contribution in [0.15, 0.2) is 36.8 Å². The topological polar surface area (TPSA) is 39.9 Å². The second kappa shape index (κ2) is 4.80. The van der Waals surface area contributed by atoms with Crippen molar-refractivity contribution in [3.05, 3.63) is 40.4 Å². The third-order valence-corrected chi connectivity index (χ3v) is 3.92. The number of nitrogens with zero attached hydrogens (tertiary/aromatic N) is 3. The molecule has 0 saturated heterocycles. The standard InChI is InChI=1S/C14H12IN3O/c1-18-8-12(15)11-5-9(3-4-13(11)18)14-16-6-10(19-2)7-17-14/h3-8H,1-2H3. The minimum atomic E-state index is 0.666. The first kappa shape index (κ1) is 12.4. The Morgan fingerprint density at radius 2 is 1.95 bits per heavy atom. The van der Waals surface area contributed by atoms with Gasteiger partial charge in [0.2, 0.25) is 0 Å². The molecule has 2 aromatic heterocycles. The van der Waals surface area contributed by atoms with Gasteiger partial charge in [0.25, 0.3) is 0 Å². The second-order valence-corrected chi connectivity index (χ2v) is 5.43. The highest BCUT2D eigenvalue weighted by atomic mass is 127. The van der Waals surface area contributed by atoms with Crippen molar-refractivity contribution >= 4 is 33.5 Å². The van der Waals surface area contributed by atoms with Crippen LogP contribution in [0.2, 0.25) is 0 Å². The molecule has 0 saturated carbocycles. The molecule has 0 fully saturated rings. The summed E-state index contributed by atoms with van der Waals surface area (Å²) < 4.78 is 8.42. The molecule has 0 aliphatic rings. The molecule has 0 aliphatic heterocycles. The summed E-state index contributed by atoms with van der Waals surface area (Å²) in [7, 11) is 3.66. The lowest BCUT2D eigenvalue weighted by Gasteiger charge is -2.03. The summed E-state index contributed by atoms with van der Waals surface area (Å²) >= 11 is 2.34. The maximum atomic E-state index is 5.07. The second-order valence-electron chi connectivity index (χ2n) is 4.27. The van der Waals surface area contributed by atoms with E-state index in [9.17, 15) is 0 Å². The van der Waals surface area contributed by atoms with E-state index in [0.717, 1.165) is 5.56 Å². The number of hydrogen-bond acceptors (Lipinski definition) is 3. The molecule has 4 nitrogen and oxygen atoms in total. The summed E-state index contributed by atoms with van der Waals surface area (Å²) in [5, 5.41) is 1.22. The molecule has 1 aromatic carbocycles. The van der Waals surface area contributed by atoms with Gasteiger partial charge in [0, 0.05) is 33.3 Å². The van der Waals surface area contributed by atoms with Gasteiger partial charge in [0.15, 0.2) is 11.6 Å². The zero-order valence-electron chi connectivity index (χ0n) is 10.6. The van der Waals surface area contributed by atoms with Gasteiger partial charge in [-0.25, -0.2) is 9.97 Å². The van der Waals surface area contributed by atoms with Crippen LogP contribution in [0.3, 0.4) is 0 Å². The van der Waals surface area contributed by atoms with Crippen molar-refractivity contribution in [3.63, 3.8) is 0 Å². The summed E-state index contributed by atoms with van der Waals surface area (Å²) in [5.41, 5.74) is 2.22. The van der Waals surface area contributed by atoms with E-state index < -0.39 is 0 Å². The third-order valence-electron chi connectivity index (χ3n) is 3.06. The summed E-state index contributed by atoms with van der Waals surface area (Å²) in [6, 6.07) is 6.26. The maximum Gasteiger partial charge on any atom is 0.159 e. The maximum absolute atomic E-state index is 5.07. The molecule has 0 aliphatic carbocycles. The van der Waals surface area contributed by atoms with Crippen LogP contribution in [0.1, 0.15) is 0 Å². The lowest BCUT2D eigenvalue weighted by Crippen LogP contribution is -1.91. The van der Waals surface area contributed by atoms with Gasteiger partial charge in [0.1, 0.15) is 0 Å². The van der Waals surface area contributed by atoms with E-state index in [4.69, 9.17) is 4.74 Å². The Bertz CT molecular complexity index is 734. The van der Waals surface area contributed by atoms with Crippen LogP contribution in [0, 0.1) is 3.57 Å². The fourth-order valence-electron chi connectivity index (χ4n) is 2.05. The van der Waals surface area contributed by atoms with E-state index in [1.54, 1.807) is 19.5 Å². The van der Waals surface area contributed by atoms with E-state index in [0.29, 0.717) is 11.6 Å². The van der Waals surface area contributed by atoms with E-state index >= 15 is 0 Å². The molecular formula is C14H12IN3O. The van der Waals surface area contributed by atoms with E-state index in [-0.39, 0.29) is 0 Å².